The van der Waals surface area contributed by atoms with Crippen LogP contribution in [0.15, 0.2) is 47.4 Å². The van der Waals surface area contributed by atoms with Gasteiger partial charge >= 0.3 is 0 Å². The summed E-state index contributed by atoms with van der Waals surface area (Å²) >= 11 is 1.15. The van der Waals surface area contributed by atoms with Gasteiger partial charge in [-0.25, -0.2) is 13.4 Å². The lowest BCUT2D eigenvalue weighted by atomic mass is 9.96. The van der Waals surface area contributed by atoms with Crippen molar-refractivity contribution in [3.05, 3.63) is 53.6 Å². The van der Waals surface area contributed by atoms with E-state index >= 15 is 0 Å². The first-order valence-electron chi connectivity index (χ1n) is 11.9. The molecule has 5 rings (SSSR count). The van der Waals surface area contributed by atoms with Crippen molar-refractivity contribution in [2.75, 3.05) is 18.4 Å². The molecule has 1 fully saturated rings. The molecule has 36 heavy (non-hydrogen) atoms. The fraction of sp³-hybridized carbons (Fsp3) is 0.360. The zero-order valence-corrected chi connectivity index (χ0v) is 21.6. The van der Waals surface area contributed by atoms with Gasteiger partial charge in [0.2, 0.25) is 15.9 Å². The molecule has 0 bridgehead atoms. The number of imide groups is 1. The highest BCUT2D eigenvalue weighted by Crippen LogP contribution is 2.32. The minimum atomic E-state index is -3.58. The minimum absolute atomic E-state index is 0.196. The van der Waals surface area contributed by atoms with Gasteiger partial charge in [0.05, 0.1) is 26.2 Å². The number of sulfonamides is 1. The van der Waals surface area contributed by atoms with Crippen LogP contribution in [-0.2, 0) is 14.8 Å². The van der Waals surface area contributed by atoms with Crippen LogP contribution >= 0.6 is 11.3 Å². The fourth-order valence-corrected chi connectivity index (χ4v) is 7.22. The average molecular weight is 527 g/mol. The van der Waals surface area contributed by atoms with E-state index in [1.165, 1.54) is 10.4 Å². The van der Waals surface area contributed by atoms with E-state index in [2.05, 4.69) is 10.3 Å². The van der Waals surface area contributed by atoms with Gasteiger partial charge in [-0.1, -0.05) is 43.7 Å². The summed E-state index contributed by atoms with van der Waals surface area (Å²) in [6.07, 6.45) is 2.27. The molecular weight excluding hydrogens is 500 g/mol. The topological polar surface area (TPSA) is 117 Å². The fourth-order valence-electron chi connectivity index (χ4n) is 4.69. The molecule has 1 N–H and O–H groups in total. The van der Waals surface area contributed by atoms with E-state index in [0.717, 1.165) is 29.1 Å². The van der Waals surface area contributed by atoms with Gasteiger partial charge in [0, 0.05) is 13.1 Å². The Kier molecular flexibility index (Phi) is 6.39. The summed E-state index contributed by atoms with van der Waals surface area (Å²) in [7, 11) is -3.58. The van der Waals surface area contributed by atoms with Gasteiger partial charge in [0.25, 0.3) is 11.8 Å². The van der Waals surface area contributed by atoms with E-state index in [4.69, 9.17) is 0 Å². The Morgan fingerprint density at radius 2 is 1.72 bits per heavy atom. The Bertz CT molecular complexity index is 1440. The number of benzene rings is 2. The van der Waals surface area contributed by atoms with Crippen LogP contribution in [0.25, 0.3) is 10.2 Å². The SMILES string of the molecule is CCC(C)C(C(=O)Nc1nc2ccc(S(=O)(=O)N3CCCC3)cc2s1)N1C(=O)c2ccccc2C1=O. The number of nitrogens with one attached hydrogen (secondary N) is 1. The summed E-state index contributed by atoms with van der Waals surface area (Å²) in [4.78, 5) is 45.2. The van der Waals surface area contributed by atoms with E-state index in [9.17, 15) is 22.8 Å². The lowest BCUT2D eigenvalue weighted by Gasteiger charge is -2.29. The third kappa shape index (κ3) is 4.10. The Balaban J connectivity index is 1.42. The van der Waals surface area contributed by atoms with Gasteiger partial charge in [0.1, 0.15) is 6.04 Å². The van der Waals surface area contributed by atoms with Gasteiger partial charge in [-0.3, -0.25) is 19.3 Å². The number of thiazole rings is 1. The lowest BCUT2D eigenvalue weighted by molar-refractivity contribution is -0.121. The molecule has 188 valence electrons. The Hall–Kier alpha value is -3.15. The molecular formula is C25H26N4O5S2. The molecule has 11 heteroatoms. The van der Waals surface area contributed by atoms with Gasteiger partial charge in [-0.15, -0.1) is 0 Å². The van der Waals surface area contributed by atoms with E-state index in [1.54, 1.807) is 36.4 Å². The molecule has 0 saturated carbocycles. The standard InChI is InChI=1S/C25H26N4O5S2/c1-3-15(2)21(29-23(31)17-8-4-5-9-18(17)24(29)32)22(30)27-25-26-19-11-10-16(14-20(19)35-25)36(33,34)28-12-6-7-13-28/h4-5,8-11,14-15,21H,3,6-7,12-13H2,1-2H3,(H,26,27,30). The number of carbonyl (C=O) groups is 3. The first kappa shape index (κ1) is 24.5. The van der Waals surface area contributed by atoms with Crippen LogP contribution in [-0.4, -0.2) is 59.5 Å². The summed E-state index contributed by atoms with van der Waals surface area (Å²) in [6.45, 7) is 4.74. The number of fused-ring (bicyclic) bond motifs is 2. The monoisotopic (exact) mass is 526 g/mol. The van der Waals surface area contributed by atoms with Crippen molar-refractivity contribution >= 4 is 54.4 Å². The number of rotatable bonds is 7. The van der Waals surface area contributed by atoms with Crippen molar-refractivity contribution in [1.29, 1.82) is 0 Å². The molecule has 1 aromatic heterocycles. The van der Waals surface area contributed by atoms with E-state index in [0.29, 0.717) is 29.7 Å². The van der Waals surface area contributed by atoms with E-state index in [-0.39, 0.29) is 27.1 Å². The zero-order chi connectivity index (χ0) is 25.6. The van der Waals surface area contributed by atoms with Crippen molar-refractivity contribution < 1.29 is 22.8 Å². The zero-order valence-electron chi connectivity index (χ0n) is 19.9. The normalized spacial score (nSPS) is 18.0. The number of carbonyl (C=O) groups excluding carboxylic acids is 3. The third-order valence-electron chi connectivity index (χ3n) is 6.85. The van der Waals surface area contributed by atoms with Crippen LogP contribution in [0.1, 0.15) is 53.8 Å². The predicted octanol–water partition coefficient (Wildman–Crippen LogP) is 3.73. The summed E-state index contributed by atoms with van der Waals surface area (Å²) in [5.41, 5.74) is 1.13. The van der Waals surface area contributed by atoms with Crippen molar-refractivity contribution in [1.82, 2.24) is 14.2 Å². The third-order valence-corrected chi connectivity index (χ3v) is 9.68. The highest BCUT2D eigenvalue weighted by Gasteiger charge is 2.44. The number of anilines is 1. The second-order valence-corrected chi connectivity index (χ2v) is 12.1. The molecule has 2 aliphatic heterocycles. The molecule has 2 aromatic carbocycles. The van der Waals surface area contributed by atoms with Crippen molar-refractivity contribution in [2.45, 2.75) is 44.0 Å². The second-order valence-electron chi connectivity index (χ2n) is 9.11. The number of hydrogen-bond acceptors (Lipinski definition) is 7. The van der Waals surface area contributed by atoms with E-state index in [1.807, 2.05) is 13.8 Å². The van der Waals surface area contributed by atoms with Gasteiger partial charge in [0.15, 0.2) is 5.13 Å². The minimum Gasteiger partial charge on any atom is -0.300 e. The van der Waals surface area contributed by atoms with Crippen molar-refractivity contribution in [3.63, 3.8) is 0 Å². The lowest BCUT2D eigenvalue weighted by Crippen LogP contribution is -2.50. The van der Waals surface area contributed by atoms with Crippen LogP contribution < -0.4 is 5.32 Å². The molecule has 2 aliphatic rings. The molecule has 0 spiro atoms. The Morgan fingerprint density at radius 1 is 1.08 bits per heavy atom. The van der Waals surface area contributed by atoms with Crippen LogP contribution in [0.4, 0.5) is 5.13 Å². The highest BCUT2D eigenvalue weighted by molar-refractivity contribution is 7.89. The first-order valence-corrected chi connectivity index (χ1v) is 14.2. The molecule has 0 radical (unpaired) electrons. The van der Waals surface area contributed by atoms with Crippen molar-refractivity contribution in [2.24, 2.45) is 5.92 Å². The Morgan fingerprint density at radius 3 is 2.33 bits per heavy atom. The maximum atomic E-state index is 13.4. The molecule has 2 atom stereocenters. The van der Waals surface area contributed by atoms with E-state index < -0.39 is 33.8 Å². The molecule has 3 aromatic rings. The summed E-state index contributed by atoms with van der Waals surface area (Å²) in [5.74, 6) is -1.78. The quantitative estimate of drug-likeness (QED) is 0.469. The number of aromatic nitrogens is 1. The predicted molar refractivity (Wildman–Crippen MR) is 136 cm³/mol. The maximum Gasteiger partial charge on any atom is 0.262 e. The van der Waals surface area contributed by atoms with Gasteiger partial charge in [-0.05, 0) is 49.1 Å². The highest BCUT2D eigenvalue weighted by atomic mass is 32.2. The van der Waals surface area contributed by atoms with Crippen LogP contribution in [0, 0.1) is 5.92 Å². The molecule has 3 amide bonds. The molecule has 1 saturated heterocycles. The molecule has 0 aliphatic carbocycles. The maximum absolute atomic E-state index is 13.4. The summed E-state index contributed by atoms with van der Waals surface area (Å²) in [5, 5.41) is 3.04. The smallest absolute Gasteiger partial charge is 0.262 e. The van der Waals surface area contributed by atoms with Gasteiger partial charge < -0.3 is 5.32 Å². The largest absolute Gasteiger partial charge is 0.300 e. The average Bonchev–Trinajstić information content (AvgIpc) is 3.60. The second kappa shape index (κ2) is 9.38. The molecule has 9 nitrogen and oxygen atoms in total. The van der Waals surface area contributed by atoms with Crippen LogP contribution in [0.3, 0.4) is 0 Å². The van der Waals surface area contributed by atoms with Gasteiger partial charge in [-0.2, -0.15) is 4.31 Å². The number of amides is 3. The molecule has 2 unspecified atom stereocenters. The summed E-state index contributed by atoms with van der Waals surface area (Å²) < 4.78 is 28.0. The number of nitrogens with zero attached hydrogens (tertiary/aromatic N) is 3. The van der Waals surface area contributed by atoms with Crippen LogP contribution in [0.5, 0.6) is 0 Å². The van der Waals surface area contributed by atoms with Crippen LogP contribution in [0.2, 0.25) is 0 Å². The molecule has 3 heterocycles. The van der Waals surface area contributed by atoms with Crippen molar-refractivity contribution in [3.8, 4) is 0 Å². The number of hydrogen-bond donors (Lipinski definition) is 1. The Labute approximate surface area is 213 Å². The first-order chi connectivity index (χ1) is 17.2. The summed E-state index contributed by atoms with van der Waals surface area (Å²) in [6, 6.07) is 10.3.